The lowest BCUT2D eigenvalue weighted by molar-refractivity contribution is -0.641. The molecule has 0 amide bonds. The fourth-order valence-corrected chi connectivity index (χ4v) is 3.63. The minimum atomic E-state index is 0.814. The number of fused-ring (bicyclic) bond motifs is 1. The van der Waals surface area contributed by atoms with E-state index in [-0.39, 0.29) is 0 Å². The Morgan fingerprint density at radius 2 is 1.95 bits per heavy atom. The molecule has 0 unspecified atom stereocenters. The first-order chi connectivity index (χ1) is 9.63. The van der Waals surface area contributed by atoms with Crippen LogP contribution in [0.2, 0.25) is 0 Å². The summed E-state index contributed by atoms with van der Waals surface area (Å²) in [5.74, 6) is 0. The van der Waals surface area contributed by atoms with Crippen molar-refractivity contribution in [2.24, 2.45) is 7.05 Å². The monoisotopic (exact) mass is 281 g/mol. The smallest absolute Gasteiger partial charge is 0.261 e. The van der Waals surface area contributed by atoms with Crippen LogP contribution in [-0.2, 0) is 7.05 Å². The topological polar surface area (TPSA) is 29.9 Å². The quantitative estimate of drug-likeness (QED) is 0.560. The van der Waals surface area contributed by atoms with E-state index in [0.29, 0.717) is 0 Å². The van der Waals surface area contributed by atoms with Crippen LogP contribution >= 0.6 is 11.3 Å². The zero-order valence-corrected chi connectivity index (χ0v) is 12.5. The number of rotatable bonds is 2. The van der Waals surface area contributed by atoms with Gasteiger partial charge in [-0.1, -0.05) is 42.2 Å². The van der Waals surface area contributed by atoms with Crippen LogP contribution in [0.15, 0.2) is 43.0 Å². The highest BCUT2D eigenvalue weighted by Crippen LogP contribution is 2.36. The van der Waals surface area contributed by atoms with E-state index in [4.69, 9.17) is 5.73 Å². The Hall–Kier alpha value is -2.13. The molecule has 20 heavy (non-hydrogen) atoms. The summed E-state index contributed by atoms with van der Waals surface area (Å²) in [4.78, 5) is 0. The van der Waals surface area contributed by atoms with Gasteiger partial charge in [-0.25, -0.2) is 0 Å². The molecule has 1 aromatic heterocycles. The van der Waals surface area contributed by atoms with E-state index >= 15 is 0 Å². The zero-order chi connectivity index (χ0) is 14.3. The normalized spacial score (nSPS) is 10.9. The molecule has 2 N–H and O–H groups in total. The van der Waals surface area contributed by atoms with Crippen LogP contribution in [0.1, 0.15) is 10.6 Å². The summed E-state index contributed by atoms with van der Waals surface area (Å²) in [5, 5.41) is 1.15. The third-order valence-corrected chi connectivity index (χ3v) is 4.83. The highest BCUT2D eigenvalue weighted by Gasteiger charge is 2.21. The first-order valence-electron chi connectivity index (χ1n) is 6.53. The van der Waals surface area contributed by atoms with Crippen LogP contribution in [-0.4, -0.2) is 0 Å². The maximum absolute atomic E-state index is 6.18. The number of hydrogen-bond donors (Lipinski definition) is 1. The molecule has 0 spiro atoms. The number of thiazole rings is 1. The van der Waals surface area contributed by atoms with E-state index in [1.807, 2.05) is 24.3 Å². The van der Waals surface area contributed by atoms with Gasteiger partial charge in [-0.05, 0) is 24.6 Å². The Balaban J connectivity index is 2.46. The number of nitrogens with zero attached hydrogens (tertiary/aromatic N) is 1. The number of aromatic nitrogens is 1. The highest BCUT2D eigenvalue weighted by molar-refractivity contribution is 7.18. The highest BCUT2D eigenvalue weighted by atomic mass is 32.1. The average Bonchev–Trinajstić information content (AvgIpc) is 2.77. The summed E-state index contributed by atoms with van der Waals surface area (Å²) in [7, 11) is 2.08. The minimum absolute atomic E-state index is 0.814. The van der Waals surface area contributed by atoms with Gasteiger partial charge in [0.2, 0.25) is 5.52 Å². The van der Waals surface area contributed by atoms with Crippen LogP contribution in [0.5, 0.6) is 0 Å². The van der Waals surface area contributed by atoms with Gasteiger partial charge in [-0.15, -0.1) is 0 Å². The molecule has 0 fully saturated rings. The first kappa shape index (κ1) is 12.9. The fraction of sp³-hybridized carbons (Fsp3) is 0.118. The maximum Gasteiger partial charge on any atom is 0.261 e. The van der Waals surface area contributed by atoms with Crippen molar-refractivity contribution in [1.29, 1.82) is 0 Å². The largest absolute Gasteiger partial charge is 0.398 e. The molecule has 0 saturated carbocycles. The lowest BCUT2D eigenvalue weighted by atomic mass is 9.98. The molecule has 3 heteroatoms. The van der Waals surface area contributed by atoms with Crippen LogP contribution in [0.3, 0.4) is 0 Å². The number of benzene rings is 2. The number of anilines is 1. The van der Waals surface area contributed by atoms with Crippen molar-refractivity contribution in [1.82, 2.24) is 0 Å². The van der Waals surface area contributed by atoms with Crippen molar-refractivity contribution < 1.29 is 4.57 Å². The standard InChI is InChI=1S/C17H17N2S/c1-4-15-19(3)17-14(20-15)10-9-11(2)16(17)12-7-5-6-8-13(12)18/h4-10H,1,18H2,2-3H3/q+1. The van der Waals surface area contributed by atoms with Crippen molar-refractivity contribution >= 4 is 33.3 Å². The summed E-state index contributed by atoms with van der Waals surface area (Å²) in [6.07, 6.45) is 1.90. The second kappa shape index (κ2) is 4.76. The van der Waals surface area contributed by atoms with Gasteiger partial charge in [0, 0.05) is 17.3 Å². The number of hydrogen-bond acceptors (Lipinski definition) is 2. The van der Waals surface area contributed by atoms with E-state index in [1.54, 1.807) is 11.3 Å². The fourth-order valence-electron chi connectivity index (χ4n) is 2.62. The third kappa shape index (κ3) is 1.82. The summed E-state index contributed by atoms with van der Waals surface area (Å²) in [5.41, 5.74) is 11.8. The SMILES string of the molecule is C=Cc1sc2ccc(C)c(-c3ccccc3N)c2[n+]1C. The van der Waals surface area contributed by atoms with Gasteiger partial charge in [0.1, 0.15) is 11.7 Å². The molecule has 0 aliphatic rings. The van der Waals surface area contributed by atoms with E-state index in [2.05, 4.69) is 43.3 Å². The Morgan fingerprint density at radius 1 is 1.20 bits per heavy atom. The number of para-hydroxylation sites is 1. The van der Waals surface area contributed by atoms with Crippen LogP contribution in [0.25, 0.3) is 27.4 Å². The maximum atomic E-state index is 6.18. The van der Waals surface area contributed by atoms with Crippen molar-refractivity contribution in [3.8, 4) is 11.1 Å². The molecule has 3 rings (SSSR count). The van der Waals surface area contributed by atoms with Gasteiger partial charge in [-0.2, -0.15) is 4.57 Å². The van der Waals surface area contributed by atoms with Crippen LogP contribution in [0, 0.1) is 6.92 Å². The number of aryl methyl sites for hydroxylation is 2. The summed E-state index contributed by atoms with van der Waals surface area (Å²) >= 11 is 1.75. The van der Waals surface area contributed by atoms with E-state index in [9.17, 15) is 0 Å². The molecule has 0 aliphatic heterocycles. The van der Waals surface area contributed by atoms with Gasteiger partial charge in [0.05, 0.1) is 5.56 Å². The van der Waals surface area contributed by atoms with Gasteiger partial charge < -0.3 is 5.73 Å². The van der Waals surface area contributed by atoms with Crippen molar-refractivity contribution in [2.75, 3.05) is 5.73 Å². The predicted octanol–water partition coefficient (Wildman–Crippen LogP) is 3.93. The molecule has 3 aromatic rings. The van der Waals surface area contributed by atoms with E-state index < -0.39 is 0 Å². The summed E-state index contributed by atoms with van der Waals surface area (Å²) in [6, 6.07) is 12.4. The molecule has 0 bridgehead atoms. The number of nitrogen functional groups attached to an aromatic ring is 1. The van der Waals surface area contributed by atoms with Crippen LogP contribution in [0.4, 0.5) is 5.69 Å². The zero-order valence-electron chi connectivity index (χ0n) is 11.7. The molecule has 100 valence electrons. The van der Waals surface area contributed by atoms with E-state index in [0.717, 1.165) is 16.3 Å². The van der Waals surface area contributed by atoms with Crippen LogP contribution < -0.4 is 10.3 Å². The van der Waals surface area contributed by atoms with Crippen molar-refractivity contribution in [2.45, 2.75) is 6.92 Å². The van der Waals surface area contributed by atoms with Gasteiger partial charge >= 0.3 is 0 Å². The van der Waals surface area contributed by atoms with Crippen molar-refractivity contribution in [3.63, 3.8) is 0 Å². The molecule has 0 saturated heterocycles. The molecule has 0 radical (unpaired) electrons. The number of nitrogens with two attached hydrogens (primary N) is 1. The lowest BCUT2D eigenvalue weighted by Gasteiger charge is -2.08. The predicted molar refractivity (Wildman–Crippen MR) is 87.7 cm³/mol. The molecule has 2 aromatic carbocycles. The molecule has 0 aliphatic carbocycles. The van der Waals surface area contributed by atoms with Gasteiger partial charge in [-0.3, -0.25) is 0 Å². The molecule has 1 heterocycles. The molecule has 0 atom stereocenters. The molecular formula is C17H17N2S+. The third-order valence-electron chi connectivity index (χ3n) is 3.63. The minimum Gasteiger partial charge on any atom is -0.398 e. The second-order valence-electron chi connectivity index (χ2n) is 4.89. The lowest BCUT2D eigenvalue weighted by Crippen LogP contribution is -2.29. The Bertz CT molecular complexity index is 815. The first-order valence-corrected chi connectivity index (χ1v) is 7.34. The van der Waals surface area contributed by atoms with Gasteiger partial charge in [0.25, 0.3) is 5.01 Å². The van der Waals surface area contributed by atoms with E-state index in [1.165, 1.54) is 21.3 Å². The Kier molecular flexibility index (Phi) is 3.07. The van der Waals surface area contributed by atoms with Gasteiger partial charge in [0.15, 0.2) is 0 Å². The second-order valence-corrected chi connectivity index (χ2v) is 5.96. The summed E-state index contributed by atoms with van der Waals surface area (Å²) < 4.78 is 3.45. The molecule has 2 nitrogen and oxygen atoms in total. The Morgan fingerprint density at radius 3 is 2.65 bits per heavy atom. The van der Waals surface area contributed by atoms with Crippen molar-refractivity contribution in [3.05, 3.63) is 53.5 Å². The molecular weight excluding hydrogens is 264 g/mol. The Labute approximate surface area is 122 Å². The average molecular weight is 281 g/mol. The summed E-state index contributed by atoms with van der Waals surface area (Å²) in [6.45, 7) is 6.03.